The van der Waals surface area contributed by atoms with E-state index in [0.29, 0.717) is 5.75 Å². The molecule has 5 rings (SSSR count). The number of carbonyl (C=O) groups excluding carboxylic acids is 1. The minimum atomic E-state index is 0.0944. The Morgan fingerprint density at radius 1 is 1.03 bits per heavy atom. The smallest absolute Gasteiger partial charge is 0.196 e. The first-order valence-corrected chi connectivity index (χ1v) is 11.9. The summed E-state index contributed by atoms with van der Waals surface area (Å²) in [6, 6.07) is 21.0. The Labute approximate surface area is 192 Å². The van der Waals surface area contributed by atoms with E-state index in [9.17, 15) is 4.79 Å². The number of Topliss-reactive ketones (excluding diaryl/α,β-unsaturated/α-hetero) is 1. The highest BCUT2D eigenvalue weighted by molar-refractivity contribution is 7.99. The lowest BCUT2D eigenvalue weighted by atomic mass is 10.1. The summed E-state index contributed by atoms with van der Waals surface area (Å²) in [4.78, 5) is 15.5. The quantitative estimate of drug-likeness (QED) is 0.390. The van der Waals surface area contributed by atoms with Crippen molar-refractivity contribution in [3.8, 4) is 0 Å². The molecule has 2 atom stereocenters. The number of pyridine rings is 1. The maximum absolute atomic E-state index is 13.2. The van der Waals surface area contributed by atoms with E-state index in [4.69, 9.17) is 0 Å². The van der Waals surface area contributed by atoms with Gasteiger partial charge < -0.3 is 0 Å². The molecular weight excluding hydrogens is 416 g/mol. The summed E-state index contributed by atoms with van der Waals surface area (Å²) in [6.45, 7) is 7.21. The van der Waals surface area contributed by atoms with Gasteiger partial charge in [-0.05, 0) is 44.0 Å². The number of aryl methyl sites for hydroxylation is 1. The molecule has 0 bridgehead atoms. The summed E-state index contributed by atoms with van der Waals surface area (Å²) in [7, 11) is 0. The van der Waals surface area contributed by atoms with Crippen molar-refractivity contribution >= 4 is 34.1 Å². The molecule has 0 amide bonds. The number of hydrogen-bond acceptors (Lipinski definition) is 5. The van der Waals surface area contributed by atoms with Gasteiger partial charge in [-0.3, -0.25) is 14.1 Å². The second-order valence-electron chi connectivity index (χ2n) is 8.43. The maximum atomic E-state index is 13.2. The van der Waals surface area contributed by atoms with Crippen LogP contribution in [0.1, 0.15) is 25.0 Å². The third-order valence-corrected chi connectivity index (χ3v) is 7.26. The monoisotopic (exact) mass is 442 g/mol. The topological polar surface area (TPSA) is 50.5 Å². The maximum Gasteiger partial charge on any atom is 0.196 e. The van der Waals surface area contributed by atoms with E-state index < -0.39 is 0 Å². The predicted molar refractivity (Wildman–Crippen MR) is 130 cm³/mol. The first-order chi connectivity index (χ1) is 15.5. The lowest BCUT2D eigenvalue weighted by molar-refractivity contribution is -0.113. The normalized spacial score (nSPS) is 19.0. The van der Waals surface area contributed by atoms with Crippen LogP contribution in [0.5, 0.6) is 0 Å². The van der Waals surface area contributed by atoms with Gasteiger partial charge in [-0.25, -0.2) is 0 Å². The molecule has 0 radical (unpaired) electrons. The lowest BCUT2D eigenvalue weighted by Gasteiger charge is -2.27. The van der Waals surface area contributed by atoms with Gasteiger partial charge in [0.25, 0.3) is 0 Å². The molecule has 0 saturated carbocycles. The molecular formula is C26H26N4OS. The standard InChI is InChI=1S/C26H26N4OS/c1-17-13-25-27-28-26(30(25)23-12-8-7-11-21(17)23)32-16-24(31)22-14-18(2)29(19(22)3)15-20-9-5-4-6-10-20/h4-14,18-19H,15-16H2,1-3H3. The molecule has 32 heavy (non-hydrogen) atoms. The second-order valence-corrected chi connectivity index (χ2v) is 9.37. The Morgan fingerprint density at radius 2 is 1.78 bits per heavy atom. The average Bonchev–Trinajstić information content (AvgIpc) is 3.34. The van der Waals surface area contributed by atoms with Crippen LogP contribution in [-0.2, 0) is 11.3 Å². The molecule has 2 aromatic heterocycles. The van der Waals surface area contributed by atoms with Gasteiger partial charge in [-0.2, -0.15) is 0 Å². The van der Waals surface area contributed by atoms with Gasteiger partial charge in [0.15, 0.2) is 16.6 Å². The molecule has 0 spiro atoms. The Balaban J connectivity index is 1.34. The Kier molecular flexibility index (Phi) is 5.57. The summed E-state index contributed by atoms with van der Waals surface area (Å²) < 4.78 is 2.05. The van der Waals surface area contributed by atoms with Crippen molar-refractivity contribution in [2.75, 3.05) is 5.75 Å². The number of fused-ring (bicyclic) bond motifs is 3. The van der Waals surface area contributed by atoms with Gasteiger partial charge in [0.05, 0.1) is 11.3 Å². The number of carbonyl (C=O) groups is 1. The fourth-order valence-corrected chi connectivity index (χ4v) is 5.46. The molecule has 0 saturated heterocycles. The Morgan fingerprint density at radius 3 is 2.59 bits per heavy atom. The van der Waals surface area contributed by atoms with Crippen LogP contribution in [0.25, 0.3) is 16.6 Å². The average molecular weight is 443 g/mol. The molecule has 0 aliphatic carbocycles. The Bertz CT molecular complexity index is 1330. The first-order valence-electron chi connectivity index (χ1n) is 10.9. The predicted octanol–water partition coefficient (Wildman–Crippen LogP) is 5.07. The molecule has 5 nitrogen and oxygen atoms in total. The molecule has 1 aliphatic heterocycles. The van der Waals surface area contributed by atoms with Crippen LogP contribution in [0.3, 0.4) is 0 Å². The van der Waals surface area contributed by atoms with E-state index in [1.807, 2.05) is 24.3 Å². The van der Waals surface area contributed by atoms with E-state index in [1.165, 1.54) is 28.3 Å². The zero-order valence-corrected chi connectivity index (χ0v) is 19.3. The highest BCUT2D eigenvalue weighted by atomic mass is 32.2. The summed E-state index contributed by atoms with van der Waals surface area (Å²) in [5, 5.41) is 10.7. The summed E-state index contributed by atoms with van der Waals surface area (Å²) in [5.41, 5.74) is 5.21. The highest BCUT2D eigenvalue weighted by Gasteiger charge is 2.32. The van der Waals surface area contributed by atoms with Gasteiger partial charge in [0.1, 0.15) is 0 Å². The van der Waals surface area contributed by atoms with Crippen LogP contribution in [0.15, 0.2) is 77.5 Å². The third kappa shape index (κ3) is 3.74. The zero-order chi connectivity index (χ0) is 22.2. The van der Waals surface area contributed by atoms with Crippen LogP contribution in [0.4, 0.5) is 0 Å². The van der Waals surface area contributed by atoms with E-state index in [-0.39, 0.29) is 17.9 Å². The van der Waals surface area contributed by atoms with Gasteiger partial charge in [0, 0.05) is 29.6 Å². The van der Waals surface area contributed by atoms with E-state index in [2.05, 4.69) is 82.7 Å². The van der Waals surface area contributed by atoms with Crippen molar-refractivity contribution < 1.29 is 4.79 Å². The Hall–Kier alpha value is -2.96. The van der Waals surface area contributed by atoms with Gasteiger partial charge in [-0.15, -0.1) is 10.2 Å². The third-order valence-electron chi connectivity index (χ3n) is 6.33. The number of para-hydroxylation sites is 1. The summed E-state index contributed by atoms with van der Waals surface area (Å²) in [5.74, 6) is 0.517. The number of benzene rings is 2. The van der Waals surface area contributed by atoms with Crippen molar-refractivity contribution in [2.24, 2.45) is 0 Å². The van der Waals surface area contributed by atoms with Crippen molar-refractivity contribution in [1.82, 2.24) is 19.5 Å². The van der Waals surface area contributed by atoms with Gasteiger partial charge >= 0.3 is 0 Å². The largest absolute Gasteiger partial charge is 0.294 e. The number of aromatic nitrogens is 3. The molecule has 2 unspecified atom stereocenters. The van der Waals surface area contributed by atoms with Crippen molar-refractivity contribution in [3.05, 3.63) is 83.4 Å². The van der Waals surface area contributed by atoms with Crippen LogP contribution in [0, 0.1) is 6.92 Å². The zero-order valence-electron chi connectivity index (χ0n) is 18.5. The molecule has 2 aromatic carbocycles. The number of rotatable bonds is 6. The molecule has 4 aromatic rings. The van der Waals surface area contributed by atoms with E-state index in [1.54, 1.807) is 0 Å². The lowest BCUT2D eigenvalue weighted by Crippen LogP contribution is -2.35. The molecule has 162 valence electrons. The summed E-state index contributed by atoms with van der Waals surface area (Å²) in [6.07, 6.45) is 2.12. The number of ketones is 1. The fraction of sp³-hybridized carbons (Fsp3) is 0.269. The summed E-state index contributed by atoms with van der Waals surface area (Å²) >= 11 is 1.46. The van der Waals surface area contributed by atoms with E-state index in [0.717, 1.165) is 28.4 Å². The first kappa shape index (κ1) is 20.9. The van der Waals surface area contributed by atoms with Crippen molar-refractivity contribution in [2.45, 2.75) is 44.6 Å². The van der Waals surface area contributed by atoms with Gasteiger partial charge in [0.2, 0.25) is 0 Å². The second kappa shape index (κ2) is 8.52. The molecule has 3 heterocycles. The number of thioether (sulfide) groups is 1. The molecule has 1 aliphatic rings. The number of hydrogen-bond donors (Lipinski definition) is 0. The van der Waals surface area contributed by atoms with Crippen molar-refractivity contribution in [3.63, 3.8) is 0 Å². The van der Waals surface area contributed by atoms with Crippen LogP contribution in [0.2, 0.25) is 0 Å². The number of nitrogens with zero attached hydrogens (tertiary/aromatic N) is 4. The van der Waals surface area contributed by atoms with Gasteiger partial charge in [-0.1, -0.05) is 66.4 Å². The fourth-order valence-electron chi connectivity index (χ4n) is 4.61. The van der Waals surface area contributed by atoms with Crippen molar-refractivity contribution in [1.29, 1.82) is 0 Å². The molecule has 0 fully saturated rings. The molecule has 6 heteroatoms. The molecule has 0 N–H and O–H groups in total. The minimum absolute atomic E-state index is 0.0944. The van der Waals surface area contributed by atoms with Crippen LogP contribution >= 0.6 is 11.8 Å². The SMILES string of the molecule is Cc1cc2nnc(SCC(=O)C3=CC(C)N(Cc4ccccc4)C3C)n2c2ccccc12. The van der Waals surface area contributed by atoms with Crippen LogP contribution < -0.4 is 0 Å². The minimum Gasteiger partial charge on any atom is -0.294 e. The van der Waals surface area contributed by atoms with Crippen LogP contribution in [-0.4, -0.2) is 43.1 Å². The van der Waals surface area contributed by atoms with E-state index >= 15 is 0 Å². The highest BCUT2D eigenvalue weighted by Crippen LogP contribution is 2.29.